The van der Waals surface area contributed by atoms with E-state index < -0.39 is 17.2 Å². The van der Waals surface area contributed by atoms with Gasteiger partial charge in [0.1, 0.15) is 0 Å². The summed E-state index contributed by atoms with van der Waals surface area (Å²) in [7, 11) is 0. The van der Waals surface area contributed by atoms with Crippen molar-refractivity contribution < 1.29 is 18.0 Å². The molecule has 1 fully saturated rings. The van der Waals surface area contributed by atoms with Crippen molar-refractivity contribution in [1.82, 2.24) is 5.32 Å². The number of hydrogen-bond donors (Lipinski definition) is 1. The SMILES string of the molecule is O=C(NCCc1cccs1)C1(c2cccc(C(F)(F)F)c2)CCCC1. The molecular weight excluding hydrogens is 347 g/mol. The third-order valence-corrected chi connectivity index (χ3v) is 5.81. The van der Waals surface area contributed by atoms with Gasteiger partial charge in [-0.15, -0.1) is 11.3 Å². The summed E-state index contributed by atoms with van der Waals surface area (Å²) < 4.78 is 39.1. The van der Waals surface area contributed by atoms with E-state index in [4.69, 9.17) is 0 Å². The van der Waals surface area contributed by atoms with E-state index in [1.807, 2.05) is 17.5 Å². The Bertz CT molecular complexity index is 719. The average molecular weight is 367 g/mol. The predicted molar refractivity (Wildman–Crippen MR) is 92.6 cm³/mol. The number of carbonyl (C=O) groups is 1. The van der Waals surface area contributed by atoms with Crippen LogP contribution in [0.5, 0.6) is 0 Å². The Kier molecular flexibility index (Phi) is 5.18. The van der Waals surface area contributed by atoms with E-state index >= 15 is 0 Å². The average Bonchev–Trinajstić information content (AvgIpc) is 3.26. The molecule has 1 saturated carbocycles. The lowest BCUT2D eigenvalue weighted by Crippen LogP contribution is -2.43. The van der Waals surface area contributed by atoms with Crippen LogP contribution >= 0.6 is 11.3 Å². The molecule has 0 bridgehead atoms. The molecule has 1 aliphatic carbocycles. The van der Waals surface area contributed by atoms with Gasteiger partial charge in [-0.05, 0) is 42.3 Å². The van der Waals surface area contributed by atoms with Crippen molar-refractivity contribution in [3.8, 4) is 0 Å². The molecule has 134 valence electrons. The topological polar surface area (TPSA) is 29.1 Å². The smallest absolute Gasteiger partial charge is 0.355 e. The van der Waals surface area contributed by atoms with Crippen LogP contribution in [-0.2, 0) is 22.8 Å². The zero-order valence-corrected chi connectivity index (χ0v) is 14.6. The summed E-state index contributed by atoms with van der Waals surface area (Å²) in [5.41, 5.74) is -1.05. The molecule has 1 N–H and O–H groups in total. The van der Waals surface area contributed by atoms with Gasteiger partial charge < -0.3 is 5.32 Å². The molecule has 2 aromatic rings. The number of rotatable bonds is 5. The Hall–Kier alpha value is -1.82. The van der Waals surface area contributed by atoms with Crippen LogP contribution in [0, 0.1) is 0 Å². The third kappa shape index (κ3) is 3.89. The van der Waals surface area contributed by atoms with Crippen molar-refractivity contribution in [3.63, 3.8) is 0 Å². The Morgan fingerprint density at radius 1 is 1.16 bits per heavy atom. The highest BCUT2D eigenvalue weighted by Crippen LogP contribution is 2.43. The highest BCUT2D eigenvalue weighted by Gasteiger charge is 2.43. The van der Waals surface area contributed by atoms with Crippen LogP contribution in [0.4, 0.5) is 13.2 Å². The molecule has 0 saturated heterocycles. The molecule has 0 spiro atoms. The lowest BCUT2D eigenvalue weighted by molar-refractivity contribution is -0.138. The first-order chi connectivity index (χ1) is 11.9. The summed E-state index contributed by atoms with van der Waals surface area (Å²) in [6, 6.07) is 9.22. The van der Waals surface area contributed by atoms with Gasteiger partial charge in [0.2, 0.25) is 5.91 Å². The number of alkyl halides is 3. The number of benzene rings is 1. The van der Waals surface area contributed by atoms with E-state index in [2.05, 4.69) is 5.32 Å². The standard InChI is InChI=1S/C19H20F3NOS/c20-19(21,22)15-6-3-5-14(13-15)18(9-1-2-10-18)17(24)23-11-8-16-7-4-12-25-16/h3-7,12-13H,1-2,8-11H2,(H,23,24). The number of carbonyl (C=O) groups excluding carboxylic acids is 1. The number of halogens is 3. The van der Waals surface area contributed by atoms with Crippen LogP contribution < -0.4 is 5.32 Å². The minimum atomic E-state index is -4.40. The summed E-state index contributed by atoms with van der Waals surface area (Å²) in [5.74, 6) is -0.152. The maximum atomic E-state index is 13.0. The maximum Gasteiger partial charge on any atom is 0.416 e. The van der Waals surface area contributed by atoms with Crippen molar-refractivity contribution in [3.05, 3.63) is 57.8 Å². The van der Waals surface area contributed by atoms with Gasteiger partial charge in [-0.2, -0.15) is 13.2 Å². The van der Waals surface area contributed by atoms with E-state index in [1.54, 1.807) is 17.4 Å². The first-order valence-electron chi connectivity index (χ1n) is 8.40. The number of hydrogen-bond acceptors (Lipinski definition) is 2. The van der Waals surface area contributed by atoms with Gasteiger partial charge in [0.05, 0.1) is 11.0 Å². The molecule has 0 unspecified atom stereocenters. The molecule has 1 aromatic carbocycles. The molecule has 0 aliphatic heterocycles. The Balaban J connectivity index is 1.78. The van der Waals surface area contributed by atoms with Gasteiger partial charge in [-0.1, -0.05) is 37.1 Å². The van der Waals surface area contributed by atoms with Crippen molar-refractivity contribution in [2.75, 3.05) is 6.54 Å². The van der Waals surface area contributed by atoms with Crippen LogP contribution in [0.1, 0.15) is 41.7 Å². The summed E-state index contributed by atoms with van der Waals surface area (Å²) >= 11 is 1.63. The van der Waals surface area contributed by atoms with Crippen LogP contribution in [0.2, 0.25) is 0 Å². The monoisotopic (exact) mass is 367 g/mol. The zero-order chi connectivity index (χ0) is 17.9. The highest BCUT2D eigenvalue weighted by atomic mass is 32.1. The van der Waals surface area contributed by atoms with E-state index in [0.717, 1.165) is 31.4 Å². The second-order valence-electron chi connectivity index (χ2n) is 6.45. The van der Waals surface area contributed by atoms with Crippen molar-refractivity contribution in [1.29, 1.82) is 0 Å². The molecule has 0 atom stereocenters. The van der Waals surface area contributed by atoms with Gasteiger partial charge in [-0.25, -0.2) is 0 Å². The van der Waals surface area contributed by atoms with E-state index in [1.165, 1.54) is 10.9 Å². The lowest BCUT2D eigenvalue weighted by atomic mass is 9.77. The maximum absolute atomic E-state index is 13.0. The van der Waals surface area contributed by atoms with E-state index in [0.29, 0.717) is 24.9 Å². The van der Waals surface area contributed by atoms with Gasteiger partial charge in [0.25, 0.3) is 0 Å². The normalized spacial score (nSPS) is 16.8. The van der Waals surface area contributed by atoms with Crippen molar-refractivity contribution in [2.45, 2.75) is 43.7 Å². The number of amides is 1. The fourth-order valence-corrected chi connectivity index (χ4v) is 4.25. The molecule has 1 aromatic heterocycles. The van der Waals surface area contributed by atoms with Crippen LogP contribution in [0.25, 0.3) is 0 Å². The lowest BCUT2D eigenvalue weighted by Gasteiger charge is -2.29. The Morgan fingerprint density at radius 2 is 1.92 bits per heavy atom. The summed E-state index contributed by atoms with van der Waals surface area (Å²) in [6.07, 6.45) is -0.755. The minimum Gasteiger partial charge on any atom is -0.355 e. The highest BCUT2D eigenvalue weighted by molar-refractivity contribution is 7.09. The number of thiophene rings is 1. The van der Waals surface area contributed by atoms with E-state index in [-0.39, 0.29) is 5.91 Å². The molecule has 25 heavy (non-hydrogen) atoms. The van der Waals surface area contributed by atoms with Gasteiger partial charge in [0.15, 0.2) is 0 Å². The van der Waals surface area contributed by atoms with Crippen LogP contribution in [-0.4, -0.2) is 12.5 Å². The zero-order valence-electron chi connectivity index (χ0n) is 13.7. The van der Waals surface area contributed by atoms with E-state index in [9.17, 15) is 18.0 Å². The van der Waals surface area contributed by atoms with Crippen molar-refractivity contribution >= 4 is 17.2 Å². The van der Waals surface area contributed by atoms with Crippen molar-refractivity contribution in [2.24, 2.45) is 0 Å². The fourth-order valence-electron chi connectivity index (χ4n) is 3.54. The third-order valence-electron chi connectivity index (χ3n) is 4.87. The predicted octanol–water partition coefficient (Wildman–Crippen LogP) is 4.94. The molecule has 3 rings (SSSR count). The quantitative estimate of drug-likeness (QED) is 0.797. The van der Waals surface area contributed by atoms with Gasteiger partial charge in [0, 0.05) is 11.4 Å². The molecule has 1 amide bonds. The first kappa shape index (κ1) is 18.0. The summed E-state index contributed by atoms with van der Waals surface area (Å²) in [6.45, 7) is 0.500. The van der Waals surface area contributed by atoms with Crippen LogP contribution in [0.3, 0.4) is 0 Å². The minimum absolute atomic E-state index is 0.152. The van der Waals surface area contributed by atoms with Crippen LogP contribution in [0.15, 0.2) is 41.8 Å². The molecule has 2 nitrogen and oxygen atoms in total. The fraction of sp³-hybridized carbons (Fsp3) is 0.421. The molecule has 1 heterocycles. The molecule has 0 radical (unpaired) electrons. The second-order valence-corrected chi connectivity index (χ2v) is 7.49. The molecule has 6 heteroatoms. The summed E-state index contributed by atoms with van der Waals surface area (Å²) in [4.78, 5) is 14.0. The Morgan fingerprint density at radius 3 is 2.56 bits per heavy atom. The Labute approximate surface area is 149 Å². The van der Waals surface area contributed by atoms with Gasteiger partial charge in [-0.3, -0.25) is 4.79 Å². The second kappa shape index (κ2) is 7.20. The molecular formula is C19H20F3NOS. The largest absolute Gasteiger partial charge is 0.416 e. The summed E-state index contributed by atoms with van der Waals surface area (Å²) in [5, 5.41) is 4.93. The van der Waals surface area contributed by atoms with Gasteiger partial charge >= 0.3 is 6.18 Å². The number of nitrogens with one attached hydrogen (secondary N) is 1. The molecule has 1 aliphatic rings. The first-order valence-corrected chi connectivity index (χ1v) is 9.28.